The molecule has 0 aromatic heterocycles. The molecule has 0 aliphatic rings. The fraction of sp³-hybridized carbons (Fsp3) is 0.407. The number of carbonyl (C=O) groups is 2. The van der Waals surface area contributed by atoms with Crippen LogP contribution >= 0.6 is 0 Å². The van der Waals surface area contributed by atoms with Gasteiger partial charge in [-0.25, -0.2) is 0 Å². The lowest BCUT2D eigenvalue weighted by atomic mass is 10.1. The minimum atomic E-state index is -1.94. The van der Waals surface area contributed by atoms with E-state index in [2.05, 4.69) is 44.5 Å². The molecule has 0 fully saturated rings. The number of nitro benzene ring substituents is 2. The monoisotopic (exact) mass is 602 g/mol. The van der Waals surface area contributed by atoms with E-state index < -0.39 is 30.0 Å². The summed E-state index contributed by atoms with van der Waals surface area (Å²) in [5.41, 5.74) is 10.1. The minimum Gasteiger partial charge on any atom is -0.491 e. The van der Waals surface area contributed by atoms with E-state index in [9.17, 15) is 29.8 Å². The molecule has 0 radical (unpaired) electrons. The molecule has 2 aromatic carbocycles. The molecule has 2 amide bonds. The zero-order valence-corrected chi connectivity index (χ0v) is 25.4. The number of amides is 2. The van der Waals surface area contributed by atoms with Gasteiger partial charge in [-0.05, 0) is 36.3 Å². The molecular formula is C27H38N6O8Si. The maximum absolute atomic E-state index is 11.8. The number of hydrogen-bond donors (Lipinski definition) is 4. The molecule has 0 spiro atoms. The van der Waals surface area contributed by atoms with Gasteiger partial charge in [0.05, 0.1) is 16.5 Å². The Bertz CT molecular complexity index is 1360. The average Bonchev–Trinajstić information content (AvgIpc) is 2.89. The molecule has 0 saturated heterocycles. The molecule has 0 bridgehead atoms. The van der Waals surface area contributed by atoms with Crippen LogP contribution in [0.3, 0.4) is 0 Å². The summed E-state index contributed by atoms with van der Waals surface area (Å²) in [5, 5.41) is 29.0. The SMILES string of the molecule is CC(C)(C)[Si](C)(C)OCCCOc1cc(C(N)=O)cc([N+](=O)[O-])c1NCC=CCNc1ccc(C(N)=O)cc1[N+](=O)[O-]. The van der Waals surface area contributed by atoms with Crippen molar-refractivity contribution in [3.8, 4) is 5.75 Å². The number of nitrogens with two attached hydrogens (primary N) is 2. The van der Waals surface area contributed by atoms with Crippen LogP contribution in [0.1, 0.15) is 47.9 Å². The molecule has 2 rings (SSSR count). The lowest BCUT2D eigenvalue weighted by molar-refractivity contribution is -0.384. The Morgan fingerprint density at radius 2 is 1.48 bits per heavy atom. The summed E-state index contributed by atoms with van der Waals surface area (Å²) in [6.45, 7) is 11.6. The van der Waals surface area contributed by atoms with Crippen molar-refractivity contribution in [2.24, 2.45) is 11.5 Å². The van der Waals surface area contributed by atoms with E-state index in [0.717, 1.165) is 12.1 Å². The molecule has 0 aliphatic carbocycles. The van der Waals surface area contributed by atoms with Gasteiger partial charge in [-0.3, -0.25) is 29.8 Å². The molecule has 0 heterocycles. The predicted molar refractivity (Wildman–Crippen MR) is 163 cm³/mol. The van der Waals surface area contributed by atoms with Crippen LogP contribution < -0.4 is 26.8 Å². The van der Waals surface area contributed by atoms with E-state index in [4.69, 9.17) is 20.6 Å². The molecule has 2 aromatic rings. The highest BCUT2D eigenvalue weighted by Crippen LogP contribution is 2.37. The number of anilines is 2. The summed E-state index contributed by atoms with van der Waals surface area (Å²) >= 11 is 0. The summed E-state index contributed by atoms with van der Waals surface area (Å²) < 4.78 is 12.0. The summed E-state index contributed by atoms with van der Waals surface area (Å²) in [5.74, 6) is -1.52. The number of ether oxygens (including phenoxy) is 1. The van der Waals surface area contributed by atoms with Gasteiger partial charge in [-0.15, -0.1) is 0 Å². The smallest absolute Gasteiger partial charge is 0.296 e. The van der Waals surface area contributed by atoms with Crippen LogP contribution in [0.2, 0.25) is 18.1 Å². The van der Waals surface area contributed by atoms with Gasteiger partial charge in [0.2, 0.25) is 11.8 Å². The second-order valence-electron chi connectivity index (χ2n) is 10.9. The van der Waals surface area contributed by atoms with Crippen molar-refractivity contribution in [2.45, 2.75) is 45.3 Å². The molecule has 0 unspecified atom stereocenters. The van der Waals surface area contributed by atoms with Crippen molar-refractivity contribution >= 4 is 42.9 Å². The van der Waals surface area contributed by atoms with Crippen molar-refractivity contribution in [1.82, 2.24) is 0 Å². The highest BCUT2D eigenvalue weighted by Gasteiger charge is 2.36. The number of nitro groups is 2. The van der Waals surface area contributed by atoms with Gasteiger partial charge in [0, 0.05) is 49.4 Å². The normalized spacial score (nSPS) is 11.7. The number of benzene rings is 2. The maximum Gasteiger partial charge on any atom is 0.296 e. The van der Waals surface area contributed by atoms with Crippen molar-refractivity contribution in [2.75, 3.05) is 36.9 Å². The van der Waals surface area contributed by atoms with E-state index in [1.54, 1.807) is 12.2 Å². The maximum atomic E-state index is 11.8. The Morgan fingerprint density at radius 3 is 2.02 bits per heavy atom. The first-order valence-corrected chi connectivity index (χ1v) is 16.1. The second kappa shape index (κ2) is 14.4. The first-order valence-electron chi connectivity index (χ1n) is 13.1. The number of carbonyl (C=O) groups excluding carboxylic acids is 2. The summed E-state index contributed by atoms with van der Waals surface area (Å²) in [6, 6.07) is 6.28. The molecule has 6 N–H and O–H groups in total. The lowest BCUT2D eigenvalue weighted by Crippen LogP contribution is -2.41. The number of nitrogens with one attached hydrogen (secondary N) is 2. The molecule has 0 atom stereocenters. The fourth-order valence-electron chi connectivity index (χ4n) is 3.45. The zero-order valence-electron chi connectivity index (χ0n) is 24.4. The van der Waals surface area contributed by atoms with Gasteiger partial charge in [-0.1, -0.05) is 32.9 Å². The van der Waals surface area contributed by atoms with Gasteiger partial charge in [0.1, 0.15) is 11.4 Å². The highest BCUT2D eigenvalue weighted by molar-refractivity contribution is 6.74. The third kappa shape index (κ3) is 9.27. The molecule has 15 heteroatoms. The first-order chi connectivity index (χ1) is 19.5. The fourth-order valence-corrected chi connectivity index (χ4v) is 4.53. The predicted octanol–water partition coefficient (Wildman–Crippen LogP) is 4.57. The van der Waals surface area contributed by atoms with Gasteiger partial charge >= 0.3 is 0 Å². The van der Waals surface area contributed by atoms with Crippen molar-refractivity contribution in [3.05, 3.63) is 73.8 Å². The molecule has 0 saturated carbocycles. The standard InChI is InChI=1S/C27H38N6O8Si/c1-27(2,3)42(4,5)41-14-8-13-40-23-17-19(26(29)35)16-22(33(38)39)24(23)31-12-7-6-11-30-20-10-9-18(25(28)34)15-21(20)32(36)37/h6-7,9-10,15-17,30-31H,8,11-14H2,1-5H3,(H2,28,34)(H2,29,35). The third-order valence-corrected chi connectivity index (χ3v) is 11.4. The summed E-state index contributed by atoms with van der Waals surface area (Å²) in [4.78, 5) is 45.0. The number of nitrogens with zero attached hydrogens (tertiary/aromatic N) is 2. The number of primary amides is 2. The highest BCUT2D eigenvalue weighted by atomic mass is 28.4. The average molecular weight is 603 g/mol. The quantitative estimate of drug-likeness (QED) is 0.0690. The van der Waals surface area contributed by atoms with Crippen LogP contribution in [-0.4, -0.2) is 56.3 Å². The molecular weight excluding hydrogens is 564 g/mol. The molecule has 14 nitrogen and oxygen atoms in total. The number of hydrogen-bond acceptors (Lipinski definition) is 10. The zero-order chi connectivity index (χ0) is 31.7. The summed E-state index contributed by atoms with van der Waals surface area (Å²) in [7, 11) is -1.94. The summed E-state index contributed by atoms with van der Waals surface area (Å²) in [6.07, 6.45) is 3.83. The van der Waals surface area contributed by atoms with E-state index >= 15 is 0 Å². The van der Waals surface area contributed by atoms with E-state index in [1.807, 2.05) is 0 Å². The van der Waals surface area contributed by atoms with Crippen LogP contribution in [-0.2, 0) is 4.43 Å². The second-order valence-corrected chi connectivity index (χ2v) is 15.7. The minimum absolute atomic E-state index is 0.0112. The van der Waals surface area contributed by atoms with E-state index in [-0.39, 0.29) is 64.4 Å². The Kier molecular flexibility index (Phi) is 11.6. The van der Waals surface area contributed by atoms with Crippen LogP contribution in [0.5, 0.6) is 5.75 Å². The molecule has 42 heavy (non-hydrogen) atoms. The van der Waals surface area contributed by atoms with Crippen LogP contribution in [0.4, 0.5) is 22.7 Å². The van der Waals surface area contributed by atoms with Crippen molar-refractivity contribution in [1.29, 1.82) is 0 Å². The molecule has 0 aliphatic heterocycles. The number of rotatable bonds is 16. The van der Waals surface area contributed by atoms with Gasteiger partial charge in [0.25, 0.3) is 11.4 Å². The van der Waals surface area contributed by atoms with E-state index in [0.29, 0.717) is 13.0 Å². The Hall–Kier alpha value is -4.50. The Balaban J connectivity index is 2.10. The largest absolute Gasteiger partial charge is 0.491 e. The van der Waals surface area contributed by atoms with Crippen LogP contribution in [0.25, 0.3) is 0 Å². The van der Waals surface area contributed by atoms with Crippen molar-refractivity contribution in [3.63, 3.8) is 0 Å². The van der Waals surface area contributed by atoms with Crippen molar-refractivity contribution < 1.29 is 28.6 Å². The molecule has 228 valence electrons. The lowest BCUT2D eigenvalue weighted by Gasteiger charge is -2.36. The Labute approximate surface area is 244 Å². The van der Waals surface area contributed by atoms with Gasteiger partial charge in [-0.2, -0.15) is 0 Å². The third-order valence-electron chi connectivity index (χ3n) is 6.83. The Morgan fingerprint density at radius 1 is 0.905 bits per heavy atom. The first kappa shape index (κ1) is 33.7. The topological polar surface area (TPSA) is 215 Å². The van der Waals surface area contributed by atoms with Crippen LogP contribution in [0, 0.1) is 20.2 Å². The van der Waals surface area contributed by atoms with Gasteiger partial charge < -0.3 is 31.3 Å². The van der Waals surface area contributed by atoms with Crippen LogP contribution in [0.15, 0.2) is 42.5 Å². The van der Waals surface area contributed by atoms with E-state index in [1.165, 1.54) is 18.2 Å². The van der Waals surface area contributed by atoms with Gasteiger partial charge in [0.15, 0.2) is 14.0 Å².